The second kappa shape index (κ2) is 5.01. The van der Waals surface area contributed by atoms with Gasteiger partial charge in [0.25, 0.3) is 0 Å². The lowest BCUT2D eigenvalue weighted by Gasteiger charge is -2.05. The lowest BCUT2D eigenvalue weighted by Crippen LogP contribution is -1.98. The molecule has 0 atom stereocenters. The smallest absolute Gasteiger partial charge is 0.129 e. The molecular formula is C16H15FN4. The standard InChI is InChI=1S/C16H15FN4/c1-10-8-11(5-6-13(10)17)15-14(16(18)21(2)20-15)12-4-3-7-19-9-12/h3-9H,18H2,1-2H3. The van der Waals surface area contributed by atoms with Crippen LogP contribution in [-0.4, -0.2) is 14.8 Å². The third-order valence-electron chi connectivity index (χ3n) is 3.47. The van der Waals surface area contributed by atoms with E-state index in [9.17, 15) is 4.39 Å². The van der Waals surface area contributed by atoms with Crippen molar-refractivity contribution < 1.29 is 4.39 Å². The molecule has 5 heteroatoms. The quantitative estimate of drug-likeness (QED) is 0.785. The Morgan fingerprint density at radius 2 is 2.00 bits per heavy atom. The van der Waals surface area contributed by atoms with Crippen molar-refractivity contribution in [1.29, 1.82) is 0 Å². The molecule has 2 N–H and O–H groups in total. The molecule has 0 radical (unpaired) electrons. The number of hydrogen-bond donors (Lipinski definition) is 1. The summed E-state index contributed by atoms with van der Waals surface area (Å²) in [6, 6.07) is 8.71. The van der Waals surface area contributed by atoms with E-state index in [0.29, 0.717) is 11.4 Å². The SMILES string of the molecule is Cc1cc(-c2nn(C)c(N)c2-c2cccnc2)ccc1F. The van der Waals surface area contributed by atoms with Gasteiger partial charge in [-0.15, -0.1) is 0 Å². The minimum atomic E-state index is -0.231. The Labute approximate surface area is 122 Å². The minimum absolute atomic E-state index is 0.231. The van der Waals surface area contributed by atoms with Crippen LogP contribution < -0.4 is 5.73 Å². The second-order valence-electron chi connectivity index (χ2n) is 4.94. The summed E-state index contributed by atoms with van der Waals surface area (Å²) >= 11 is 0. The third-order valence-corrected chi connectivity index (χ3v) is 3.47. The number of anilines is 1. The van der Waals surface area contributed by atoms with Crippen molar-refractivity contribution in [3.05, 3.63) is 54.1 Å². The fraction of sp³-hybridized carbons (Fsp3) is 0.125. The lowest BCUT2D eigenvalue weighted by atomic mass is 10.0. The van der Waals surface area contributed by atoms with Crippen molar-refractivity contribution in [2.75, 3.05) is 5.73 Å². The number of nitrogens with zero attached hydrogens (tertiary/aromatic N) is 3. The number of halogens is 1. The minimum Gasteiger partial charge on any atom is -0.383 e. The van der Waals surface area contributed by atoms with E-state index in [2.05, 4.69) is 10.1 Å². The first kappa shape index (κ1) is 13.3. The number of benzene rings is 1. The number of nitrogen functional groups attached to an aromatic ring is 1. The molecule has 0 fully saturated rings. The van der Waals surface area contributed by atoms with Gasteiger partial charge in [0.2, 0.25) is 0 Å². The molecule has 106 valence electrons. The van der Waals surface area contributed by atoms with Crippen LogP contribution in [0, 0.1) is 12.7 Å². The zero-order valence-corrected chi connectivity index (χ0v) is 11.8. The molecule has 0 saturated carbocycles. The number of nitrogens with two attached hydrogens (primary N) is 1. The maximum atomic E-state index is 13.5. The summed E-state index contributed by atoms with van der Waals surface area (Å²) in [4.78, 5) is 4.13. The summed E-state index contributed by atoms with van der Waals surface area (Å²) in [7, 11) is 1.79. The molecule has 0 aliphatic carbocycles. The largest absolute Gasteiger partial charge is 0.383 e. The lowest BCUT2D eigenvalue weighted by molar-refractivity contribution is 0.618. The van der Waals surface area contributed by atoms with E-state index < -0.39 is 0 Å². The summed E-state index contributed by atoms with van der Waals surface area (Å²) in [5, 5.41) is 4.47. The van der Waals surface area contributed by atoms with Crippen LogP contribution >= 0.6 is 0 Å². The molecule has 0 bridgehead atoms. The highest BCUT2D eigenvalue weighted by molar-refractivity contribution is 5.87. The van der Waals surface area contributed by atoms with Crippen molar-refractivity contribution in [1.82, 2.24) is 14.8 Å². The number of pyridine rings is 1. The zero-order valence-electron chi connectivity index (χ0n) is 11.8. The Hall–Kier alpha value is -2.69. The van der Waals surface area contributed by atoms with E-state index in [4.69, 9.17) is 5.73 Å². The Kier molecular flexibility index (Phi) is 3.17. The molecule has 3 aromatic rings. The maximum absolute atomic E-state index is 13.5. The molecule has 0 unspecified atom stereocenters. The summed E-state index contributed by atoms with van der Waals surface area (Å²) in [6.45, 7) is 1.73. The van der Waals surface area contributed by atoms with E-state index in [1.807, 2.05) is 12.1 Å². The second-order valence-corrected chi connectivity index (χ2v) is 4.94. The van der Waals surface area contributed by atoms with Gasteiger partial charge >= 0.3 is 0 Å². The van der Waals surface area contributed by atoms with Crippen molar-refractivity contribution in [3.63, 3.8) is 0 Å². The number of hydrogen-bond acceptors (Lipinski definition) is 3. The average molecular weight is 282 g/mol. The van der Waals surface area contributed by atoms with Gasteiger partial charge in [-0.3, -0.25) is 9.67 Å². The fourth-order valence-corrected chi connectivity index (χ4v) is 2.33. The molecule has 2 aromatic heterocycles. The summed E-state index contributed by atoms with van der Waals surface area (Å²) in [5.74, 6) is 0.325. The highest BCUT2D eigenvalue weighted by Crippen LogP contribution is 2.35. The Morgan fingerprint density at radius 1 is 1.19 bits per heavy atom. The molecular weight excluding hydrogens is 267 g/mol. The maximum Gasteiger partial charge on any atom is 0.129 e. The van der Waals surface area contributed by atoms with Crippen molar-refractivity contribution >= 4 is 5.82 Å². The van der Waals surface area contributed by atoms with Crippen LogP contribution in [0.5, 0.6) is 0 Å². The van der Waals surface area contributed by atoms with E-state index in [0.717, 1.165) is 22.4 Å². The summed E-state index contributed by atoms with van der Waals surface area (Å²) in [5.41, 5.74) is 9.98. The summed E-state index contributed by atoms with van der Waals surface area (Å²) in [6.07, 6.45) is 3.45. The summed E-state index contributed by atoms with van der Waals surface area (Å²) < 4.78 is 15.1. The van der Waals surface area contributed by atoms with E-state index in [-0.39, 0.29) is 5.82 Å². The van der Waals surface area contributed by atoms with Gasteiger partial charge in [-0.1, -0.05) is 6.07 Å². The molecule has 3 rings (SSSR count). The van der Waals surface area contributed by atoms with E-state index in [1.54, 1.807) is 43.2 Å². The van der Waals surface area contributed by atoms with Crippen LogP contribution in [0.4, 0.5) is 10.2 Å². The van der Waals surface area contributed by atoms with Gasteiger partial charge in [0.1, 0.15) is 17.3 Å². The van der Waals surface area contributed by atoms with Crippen LogP contribution in [0.25, 0.3) is 22.4 Å². The number of aryl methyl sites for hydroxylation is 2. The molecule has 0 spiro atoms. The Morgan fingerprint density at radius 3 is 2.67 bits per heavy atom. The highest BCUT2D eigenvalue weighted by Gasteiger charge is 2.18. The molecule has 4 nitrogen and oxygen atoms in total. The number of aromatic nitrogens is 3. The molecule has 0 amide bonds. The molecule has 21 heavy (non-hydrogen) atoms. The van der Waals surface area contributed by atoms with Crippen LogP contribution in [0.1, 0.15) is 5.56 Å². The highest BCUT2D eigenvalue weighted by atomic mass is 19.1. The van der Waals surface area contributed by atoms with Crippen LogP contribution in [0.2, 0.25) is 0 Å². The van der Waals surface area contributed by atoms with Crippen LogP contribution in [-0.2, 0) is 7.05 Å². The fourth-order valence-electron chi connectivity index (χ4n) is 2.33. The Balaban J connectivity index is 2.24. The first-order chi connectivity index (χ1) is 10.1. The molecule has 0 saturated heterocycles. The van der Waals surface area contributed by atoms with Crippen LogP contribution in [0.3, 0.4) is 0 Å². The van der Waals surface area contributed by atoms with Gasteiger partial charge in [0.05, 0.1) is 5.56 Å². The topological polar surface area (TPSA) is 56.7 Å². The van der Waals surface area contributed by atoms with Gasteiger partial charge in [-0.25, -0.2) is 4.39 Å². The Bertz CT molecular complexity index is 794. The molecule has 2 heterocycles. The van der Waals surface area contributed by atoms with Crippen molar-refractivity contribution in [2.45, 2.75) is 6.92 Å². The monoisotopic (exact) mass is 282 g/mol. The number of rotatable bonds is 2. The zero-order chi connectivity index (χ0) is 15.0. The van der Waals surface area contributed by atoms with Gasteiger partial charge in [-0.05, 0) is 36.8 Å². The normalized spacial score (nSPS) is 10.8. The van der Waals surface area contributed by atoms with Gasteiger partial charge in [0.15, 0.2) is 0 Å². The molecule has 0 aliphatic heterocycles. The first-order valence-corrected chi connectivity index (χ1v) is 6.57. The predicted octanol–water partition coefficient (Wildman–Crippen LogP) is 3.18. The van der Waals surface area contributed by atoms with Crippen molar-refractivity contribution in [3.8, 4) is 22.4 Å². The van der Waals surface area contributed by atoms with Gasteiger partial charge < -0.3 is 5.73 Å². The average Bonchev–Trinajstić information content (AvgIpc) is 2.79. The van der Waals surface area contributed by atoms with Gasteiger partial charge in [-0.2, -0.15) is 5.10 Å². The van der Waals surface area contributed by atoms with Gasteiger partial charge in [0, 0.05) is 30.6 Å². The third kappa shape index (κ3) is 2.27. The molecule has 0 aliphatic rings. The first-order valence-electron chi connectivity index (χ1n) is 6.57. The van der Waals surface area contributed by atoms with E-state index in [1.165, 1.54) is 6.07 Å². The van der Waals surface area contributed by atoms with E-state index >= 15 is 0 Å². The van der Waals surface area contributed by atoms with Crippen LogP contribution in [0.15, 0.2) is 42.7 Å². The molecule has 1 aromatic carbocycles. The van der Waals surface area contributed by atoms with Crippen molar-refractivity contribution in [2.24, 2.45) is 7.05 Å². The predicted molar refractivity (Wildman–Crippen MR) is 81.0 cm³/mol.